The Morgan fingerprint density at radius 1 is 1.27 bits per heavy atom. The lowest BCUT2D eigenvalue weighted by atomic mass is 10.0. The summed E-state index contributed by atoms with van der Waals surface area (Å²) in [7, 11) is 0. The molecule has 15 heavy (non-hydrogen) atoms. The number of carboxylic acid groups (broad SMARTS) is 1. The topological polar surface area (TPSA) is 37.3 Å². The molecule has 80 valence electrons. The van der Waals surface area contributed by atoms with Gasteiger partial charge >= 0.3 is 5.97 Å². The van der Waals surface area contributed by atoms with Gasteiger partial charge in [0, 0.05) is 5.92 Å². The molecule has 2 atom stereocenters. The molecular weight excluding hydrogens is 188 g/mol. The number of benzene rings is 1. The molecule has 0 aliphatic heterocycles. The van der Waals surface area contributed by atoms with Gasteiger partial charge in [0.25, 0.3) is 0 Å². The smallest absolute Gasteiger partial charge is 0.307 e. The average Bonchev–Trinajstić information content (AvgIpc) is 2.70. The van der Waals surface area contributed by atoms with Crippen LogP contribution in [0.25, 0.3) is 0 Å². The van der Waals surface area contributed by atoms with Gasteiger partial charge in [-0.1, -0.05) is 43.7 Å². The third-order valence-electron chi connectivity index (χ3n) is 3.53. The van der Waals surface area contributed by atoms with Crippen LogP contribution in [-0.2, 0) is 4.79 Å². The Kier molecular flexibility index (Phi) is 2.10. The molecular formula is C13H16O2. The van der Waals surface area contributed by atoms with Crippen LogP contribution in [0.5, 0.6) is 0 Å². The zero-order valence-electron chi connectivity index (χ0n) is 9.32. The van der Waals surface area contributed by atoms with Gasteiger partial charge in [-0.05, 0) is 17.9 Å². The minimum atomic E-state index is -0.675. The van der Waals surface area contributed by atoms with Crippen molar-refractivity contribution in [2.45, 2.75) is 26.7 Å². The molecule has 0 bridgehead atoms. The fourth-order valence-electron chi connectivity index (χ4n) is 2.49. The highest BCUT2D eigenvalue weighted by Crippen LogP contribution is 2.64. The van der Waals surface area contributed by atoms with E-state index in [1.165, 1.54) is 5.56 Å². The Balaban J connectivity index is 2.27. The summed E-state index contributed by atoms with van der Waals surface area (Å²) in [5.74, 6) is -0.721. The van der Waals surface area contributed by atoms with E-state index in [2.05, 4.69) is 0 Å². The van der Waals surface area contributed by atoms with E-state index < -0.39 is 5.97 Å². The lowest BCUT2D eigenvalue weighted by Crippen LogP contribution is -2.03. The highest BCUT2D eigenvalue weighted by Gasteiger charge is 2.62. The fourth-order valence-corrected chi connectivity index (χ4v) is 2.49. The van der Waals surface area contributed by atoms with E-state index in [9.17, 15) is 4.79 Å². The molecule has 1 aliphatic rings. The van der Waals surface area contributed by atoms with Gasteiger partial charge in [0.15, 0.2) is 0 Å². The maximum atomic E-state index is 11.0. The monoisotopic (exact) mass is 204 g/mol. The summed E-state index contributed by atoms with van der Waals surface area (Å²) >= 11 is 0. The Bertz CT molecular complexity index is 390. The SMILES string of the molecule is Cc1ccc([C@@H]2[C@@H](C(=O)O)C2(C)C)cc1. The Labute approximate surface area is 89.9 Å². The lowest BCUT2D eigenvalue weighted by Gasteiger charge is -2.02. The first-order valence-corrected chi connectivity index (χ1v) is 5.24. The van der Waals surface area contributed by atoms with Gasteiger partial charge in [-0.25, -0.2) is 0 Å². The third-order valence-corrected chi connectivity index (χ3v) is 3.53. The largest absolute Gasteiger partial charge is 0.481 e. The standard InChI is InChI=1S/C13H16O2/c1-8-4-6-9(7-5-8)10-11(12(14)15)13(10,2)3/h4-7,10-11H,1-3H3,(H,14,15)/t10-,11+/m1/s1. The number of carbonyl (C=O) groups is 1. The van der Waals surface area contributed by atoms with Crippen molar-refractivity contribution < 1.29 is 9.90 Å². The van der Waals surface area contributed by atoms with Crippen LogP contribution in [0, 0.1) is 18.3 Å². The van der Waals surface area contributed by atoms with Gasteiger partial charge in [0.05, 0.1) is 5.92 Å². The second-order valence-corrected chi connectivity index (χ2v) is 5.03. The van der Waals surface area contributed by atoms with E-state index in [1.807, 2.05) is 45.0 Å². The molecule has 0 saturated heterocycles. The molecule has 1 aromatic rings. The van der Waals surface area contributed by atoms with E-state index >= 15 is 0 Å². The normalized spacial score (nSPS) is 27.4. The van der Waals surface area contributed by atoms with Crippen molar-refractivity contribution in [3.8, 4) is 0 Å². The summed E-state index contributed by atoms with van der Waals surface area (Å²) in [6, 6.07) is 8.18. The van der Waals surface area contributed by atoms with Gasteiger partial charge in [0.1, 0.15) is 0 Å². The van der Waals surface area contributed by atoms with Crippen molar-refractivity contribution in [3.05, 3.63) is 35.4 Å². The van der Waals surface area contributed by atoms with Crippen molar-refractivity contribution in [2.24, 2.45) is 11.3 Å². The average molecular weight is 204 g/mol. The van der Waals surface area contributed by atoms with Crippen LogP contribution < -0.4 is 0 Å². The molecule has 1 N–H and O–H groups in total. The van der Waals surface area contributed by atoms with Crippen LogP contribution in [0.15, 0.2) is 24.3 Å². The molecule has 1 saturated carbocycles. The molecule has 2 heteroatoms. The van der Waals surface area contributed by atoms with Crippen molar-refractivity contribution in [1.82, 2.24) is 0 Å². The number of rotatable bonds is 2. The van der Waals surface area contributed by atoms with Gasteiger partial charge in [-0.3, -0.25) is 4.79 Å². The molecule has 0 aromatic heterocycles. The molecule has 2 rings (SSSR count). The van der Waals surface area contributed by atoms with Gasteiger partial charge in [-0.15, -0.1) is 0 Å². The Hall–Kier alpha value is -1.31. The number of hydrogen-bond acceptors (Lipinski definition) is 1. The van der Waals surface area contributed by atoms with Gasteiger partial charge in [-0.2, -0.15) is 0 Å². The molecule has 0 amide bonds. The van der Waals surface area contributed by atoms with Crippen molar-refractivity contribution >= 4 is 5.97 Å². The summed E-state index contributed by atoms with van der Waals surface area (Å²) < 4.78 is 0. The van der Waals surface area contributed by atoms with Gasteiger partial charge in [0.2, 0.25) is 0 Å². The second kappa shape index (κ2) is 3.09. The summed E-state index contributed by atoms with van der Waals surface area (Å²) in [5.41, 5.74) is 2.27. The molecule has 2 nitrogen and oxygen atoms in total. The molecule has 1 aromatic carbocycles. The predicted octanol–water partition coefficient (Wildman–Crippen LogP) is 2.82. The molecule has 1 aliphatic carbocycles. The maximum Gasteiger partial charge on any atom is 0.307 e. The first-order chi connectivity index (χ1) is 6.94. The van der Waals surface area contributed by atoms with Crippen molar-refractivity contribution in [1.29, 1.82) is 0 Å². The Morgan fingerprint density at radius 3 is 2.20 bits per heavy atom. The van der Waals surface area contributed by atoms with Crippen molar-refractivity contribution in [3.63, 3.8) is 0 Å². The lowest BCUT2D eigenvalue weighted by molar-refractivity contribution is -0.139. The molecule has 0 spiro atoms. The second-order valence-electron chi connectivity index (χ2n) is 5.03. The van der Waals surface area contributed by atoms with Crippen LogP contribution in [0.3, 0.4) is 0 Å². The van der Waals surface area contributed by atoms with Gasteiger partial charge < -0.3 is 5.11 Å². The molecule has 0 unspecified atom stereocenters. The van der Waals surface area contributed by atoms with E-state index in [-0.39, 0.29) is 17.3 Å². The summed E-state index contributed by atoms with van der Waals surface area (Å²) in [5, 5.41) is 9.08. The van der Waals surface area contributed by atoms with E-state index in [4.69, 9.17) is 5.11 Å². The quantitative estimate of drug-likeness (QED) is 0.804. The minimum Gasteiger partial charge on any atom is -0.481 e. The third kappa shape index (κ3) is 1.54. The molecule has 1 fully saturated rings. The highest BCUT2D eigenvalue weighted by molar-refractivity contribution is 5.77. The first-order valence-electron chi connectivity index (χ1n) is 5.24. The summed E-state index contributed by atoms with van der Waals surface area (Å²) in [4.78, 5) is 11.0. The maximum absolute atomic E-state index is 11.0. The number of hydrogen-bond donors (Lipinski definition) is 1. The Morgan fingerprint density at radius 2 is 1.80 bits per heavy atom. The van der Waals surface area contributed by atoms with Crippen LogP contribution in [0.1, 0.15) is 30.9 Å². The zero-order chi connectivity index (χ0) is 11.2. The van der Waals surface area contributed by atoms with Crippen LogP contribution in [0.4, 0.5) is 0 Å². The zero-order valence-corrected chi connectivity index (χ0v) is 9.32. The fraction of sp³-hybridized carbons (Fsp3) is 0.462. The number of aliphatic carboxylic acids is 1. The van der Waals surface area contributed by atoms with Crippen molar-refractivity contribution in [2.75, 3.05) is 0 Å². The summed E-state index contributed by atoms with van der Waals surface area (Å²) in [6.45, 7) is 6.09. The molecule has 0 radical (unpaired) electrons. The minimum absolute atomic E-state index is 0.0961. The number of carboxylic acids is 1. The van der Waals surface area contributed by atoms with E-state index in [0.717, 1.165) is 5.56 Å². The van der Waals surface area contributed by atoms with Crippen LogP contribution in [0.2, 0.25) is 0 Å². The highest BCUT2D eigenvalue weighted by atomic mass is 16.4. The first kappa shape index (κ1) is 10.2. The van der Waals surface area contributed by atoms with Crippen LogP contribution >= 0.6 is 0 Å². The molecule has 0 heterocycles. The van der Waals surface area contributed by atoms with Crippen LogP contribution in [-0.4, -0.2) is 11.1 Å². The predicted molar refractivity (Wildman–Crippen MR) is 58.8 cm³/mol. The van der Waals surface area contributed by atoms with E-state index in [1.54, 1.807) is 0 Å². The number of aryl methyl sites for hydroxylation is 1. The van der Waals surface area contributed by atoms with E-state index in [0.29, 0.717) is 0 Å². The summed E-state index contributed by atoms with van der Waals surface area (Å²) in [6.07, 6.45) is 0.